The van der Waals surface area contributed by atoms with Crippen LogP contribution in [0.5, 0.6) is 0 Å². The van der Waals surface area contributed by atoms with Gasteiger partial charge in [-0.05, 0) is 36.1 Å². The number of nitrogens with one attached hydrogen (secondary N) is 1. The third kappa shape index (κ3) is 4.17. The number of carbonyl (C=O) groups is 1. The van der Waals surface area contributed by atoms with Crippen LogP contribution in [-0.4, -0.2) is 36.7 Å². The van der Waals surface area contributed by atoms with E-state index in [0.29, 0.717) is 29.2 Å². The summed E-state index contributed by atoms with van der Waals surface area (Å²) in [4.78, 5) is 18.6. The van der Waals surface area contributed by atoms with Crippen LogP contribution in [0.3, 0.4) is 0 Å². The van der Waals surface area contributed by atoms with Crippen LogP contribution in [0, 0.1) is 6.92 Å². The van der Waals surface area contributed by atoms with Crippen molar-refractivity contribution >= 4 is 44.3 Å². The van der Waals surface area contributed by atoms with Crippen LogP contribution < -0.4 is 5.32 Å². The Kier molecular flexibility index (Phi) is 6.29. The van der Waals surface area contributed by atoms with Crippen LogP contribution in [-0.2, 0) is 10.0 Å². The van der Waals surface area contributed by atoms with Gasteiger partial charge in [0.1, 0.15) is 9.88 Å². The topological polar surface area (TPSA) is 79.4 Å². The molecule has 1 aromatic carbocycles. The second-order valence-electron chi connectivity index (χ2n) is 6.03. The van der Waals surface area contributed by atoms with E-state index in [9.17, 15) is 13.2 Å². The maximum atomic E-state index is 12.9. The third-order valence-corrected chi connectivity index (χ3v) is 8.46. The number of nitrogens with zero attached hydrogens (tertiary/aromatic N) is 2. The maximum absolute atomic E-state index is 12.9. The number of rotatable bonds is 7. The van der Waals surface area contributed by atoms with Gasteiger partial charge in [-0.1, -0.05) is 26.0 Å². The van der Waals surface area contributed by atoms with E-state index < -0.39 is 10.0 Å². The highest BCUT2D eigenvalue weighted by Crippen LogP contribution is 2.30. The highest BCUT2D eigenvalue weighted by atomic mass is 32.2. The van der Waals surface area contributed by atoms with E-state index in [4.69, 9.17) is 0 Å². The van der Waals surface area contributed by atoms with E-state index in [1.165, 1.54) is 27.9 Å². The van der Waals surface area contributed by atoms with Crippen molar-refractivity contribution in [2.45, 2.75) is 25.7 Å². The first-order chi connectivity index (χ1) is 13.4. The van der Waals surface area contributed by atoms with Gasteiger partial charge in [0.05, 0.1) is 16.0 Å². The predicted molar refractivity (Wildman–Crippen MR) is 115 cm³/mol. The summed E-state index contributed by atoms with van der Waals surface area (Å²) in [7, 11) is -3.61. The van der Waals surface area contributed by atoms with Crippen molar-refractivity contribution in [1.29, 1.82) is 0 Å². The first-order valence-corrected chi connectivity index (χ1v) is 11.9. The molecule has 0 spiro atoms. The molecule has 0 unspecified atom stereocenters. The summed E-state index contributed by atoms with van der Waals surface area (Å²) >= 11 is 2.87. The first kappa shape index (κ1) is 20.7. The van der Waals surface area contributed by atoms with E-state index in [-0.39, 0.29) is 10.8 Å². The van der Waals surface area contributed by atoms with Crippen molar-refractivity contribution in [3.05, 3.63) is 52.3 Å². The van der Waals surface area contributed by atoms with Gasteiger partial charge in [-0.25, -0.2) is 13.4 Å². The van der Waals surface area contributed by atoms with Crippen molar-refractivity contribution in [3.63, 3.8) is 0 Å². The van der Waals surface area contributed by atoms with E-state index >= 15 is 0 Å². The fraction of sp³-hybridized carbons (Fsp3) is 0.263. The molecule has 2 heterocycles. The van der Waals surface area contributed by atoms with Gasteiger partial charge in [0.25, 0.3) is 5.91 Å². The monoisotopic (exact) mass is 435 g/mol. The lowest BCUT2D eigenvalue weighted by Crippen LogP contribution is -2.31. The highest BCUT2D eigenvalue weighted by Gasteiger charge is 2.24. The molecular formula is C19H21N3O3S3. The Bertz CT molecular complexity index is 1070. The lowest BCUT2D eigenvalue weighted by Gasteiger charge is -2.20. The molecule has 0 aliphatic heterocycles. The largest absolute Gasteiger partial charge is 0.321 e. The summed E-state index contributed by atoms with van der Waals surface area (Å²) in [6.07, 6.45) is 1.54. The summed E-state index contributed by atoms with van der Waals surface area (Å²) in [5.74, 6) is -0.310. The summed E-state index contributed by atoms with van der Waals surface area (Å²) in [6.45, 7) is 6.13. The van der Waals surface area contributed by atoms with Crippen molar-refractivity contribution in [2.24, 2.45) is 0 Å². The molecule has 9 heteroatoms. The number of anilines is 1. The molecule has 0 saturated heterocycles. The van der Waals surface area contributed by atoms with Gasteiger partial charge in [0.15, 0.2) is 0 Å². The van der Waals surface area contributed by atoms with Crippen LogP contribution in [0.15, 0.2) is 46.8 Å². The number of aromatic nitrogens is 1. The number of hydrogen-bond donors (Lipinski definition) is 1. The average Bonchev–Trinajstić information content (AvgIpc) is 3.35. The molecule has 2 aromatic heterocycles. The zero-order chi connectivity index (χ0) is 20.3. The number of thiazole rings is 1. The molecular weight excluding hydrogens is 414 g/mol. The minimum absolute atomic E-state index is 0.206. The highest BCUT2D eigenvalue weighted by molar-refractivity contribution is 7.89. The molecule has 1 N–H and O–H groups in total. The second-order valence-corrected chi connectivity index (χ2v) is 9.92. The van der Waals surface area contributed by atoms with Gasteiger partial charge < -0.3 is 5.32 Å². The number of carbonyl (C=O) groups excluding carboxylic acids is 1. The Hall–Kier alpha value is -2.07. The van der Waals surface area contributed by atoms with E-state index in [2.05, 4.69) is 10.3 Å². The first-order valence-electron chi connectivity index (χ1n) is 8.78. The number of benzene rings is 1. The molecule has 0 aliphatic carbocycles. The SMILES string of the molecule is CCN(CC)S(=O)(=O)c1cc(NC(=O)c2cnc(-c3cccs3)s2)ccc1C. The van der Waals surface area contributed by atoms with Gasteiger partial charge in [-0.3, -0.25) is 4.79 Å². The zero-order valence-electron chi connectivity index (χ0n) is 15.8. The molecule has 0 fully saturated rings. The zero-order valence-corrected chi connectivity index (χ0v) is 18.2. The van der Waals surface area contributed by atoms with Crippen LogP contribution in [0.25, 0.3) is 9.88 Å². The van der Waals surface area contributed by atoms with E-state index in [1.807, 2.05) is 17.5 Å². The summed E-state index contributed by atoms with van der Waals surface area (Å²) in [5.41, 5.74) is 1.08. The number of hydrogen-bond acceptors (Lipinski definition) is 6. The fourth-order valence-corrected chi connectivity index (χ4v) is 6.07. The van der Waals surface area contributed by atoms with Crippen molar-refractivity contribution < 1.29 is 13.2 Å². The van der Waals surface area contributed by atoms with Gasteiger partial charge in [0, 0.05) is 18.8 Å². The minimum atomic E-state index is -3.61. The maximum Gasteiger partial charge on any atom is 0.267 e. The lowest BCUT2D eigenvalue weighted by atomic mass is 10.2. The van der Waals surface area contributed by atoms with Gasteiger partial charge in [-0.2, -0.15) is 4.31 Å². The van der Waals surface area contributed by atoms with Crippen molar-refractivity contribution in [2.75, 3.05) is 18.4 Å². The molecule has 0 radical (unpaired) electrons. The Morgan fingerprint density at radius 3 is 2.61 bits per heavy atom. The number of thiophene rings is 1. The van der Waals surface area contributed by atoms with Crippen LogP contribution in [0.1, 0.15) is 29.1 Å². The van der Waals surface area contributed by atoms with E-state index in [0.717, 1.165) is 9.88 Å². The Labute approximate surface area is 172 Å². The number of aryl methyl sites for hydroxylation is 1. The molecule has 0 atom stereocenters. The molecule has 3 aromatic rings. The summed E-state index contributed by atoms with van der Waals surface area (Å²) in [5, 5.41) is 5.53. The van der Waals surface area contributed by atoms with Crippen molar-refractivity contribution in [3.8, 4) is 9.88 Å². The quantitative estimate of drug-likeness (QED) is 0.594. The molecule has 6 nitrogen and oxygen atoms in total. The third-order valence-electron chi connectivity index (χ3n) is 4.23. The predicted octanol–water partition coefficient (Wildman–Crippen LogP) is 4.46. The lowest BCUT2D eigenvalue weighted by molar-refractivity contribution is 0.103. The normalized spacial score (nSPS) is 11.7. The van der Waals surface area contributed by atoms with Gasteiger partial charge in [-0.15, -0.1) is 22.7 Å². The van der Waals surface area contributed by atoms with Crippen LogP contribution >= 0.6 is 22.7 Å². The number of sulfonamides is 1. The fourth-order valence-electron chi connectivity index (χ4n) is 2.74. The molecule has 28 heavy (non-hydrogen) atoms. The molecule has 148 valence electrons. The average molecular weight is 436 g/mol. The molecule has 0 bridgehead atoms. The molecule has 0 saturated carbocycles. The van der Waals surface area contributed by atoms with Gasteiger partial charge in [0.2, 0.25) is 10.0 Å². The molecule has 3 rings (SSSR count). The minimum Gasteiger partial charge on any atom is -0.321 e. The van der Waals surface area contributed by atoms with Crippen molar-refractivity contribution in [1.82, 2.24) is 9.29 Å². The van der Waals surface area contributed by atoms with Gasteiger partial charge >= 0.3 is 0 Å². The second kappa shape index (κ2) is 8.52. The summed E-state index contributed by atoms with van der Waals surface area (Å²) < 4.78 is 27.1. The Balaban J connectivity index is 1.84. The Morgan fingerprint density at radius 1 is 1.21 bits per heavy atom. The molecule has 1 amide bonds. The summed E-state index contributed by atoms with van der Waals surface area (Å²) in [6, 6.07) is 8.81. The Morgan fingerprint density at radius 2 is 1.96 bits per heavy atom. The number of amides is 1. The van der Waals surface area contributed by atoms with Crippen LogP contribution in [0.2, 0.25) is 0 Å². The van der Waals surface area contributed by atoms with E-state index in [1.54, 1.807) is 44.2 Å². The standard InChI is InChI=1S/C19H21N3O3S3/c1-4-22(5-2)28(24,25)17-11-14(9-8-13(17)3)21-18(23)16-12-20-19(27-16)15-7-6-10-26-15/h6-12H,4-5H2,1-3H3,(H,21,23). The smallest absolute Gasteiger partial charge is 0.267 e. The molecule has 0 aliphatic rings. The van der Waals surface area contributed by atoms with Crippen LogP contribution in [0.4, 0.5) is 5.69 Å².